The van der Waals surface area contributed by atoms with Crippen molar-refractivity contribution in [3.05, 3.63) is 0 Å². The third-order valence-electron chi connectivity index (χ3n) is 3.65. The van der Waals surface area contributed by atoms with Crippen molar-refractivity contribution < 1.29 is 0 Å². The van der Waals surface area contributed by atoms with Gasteiger partial charge in [-0.1, -0.05) is 0 Å². The van der Waals surface area contributed by atoms with Crippen molar-refractivity contribution in [2.24, 2.45) is 11.7 Å². The Balaban J connectivity index is 1.66. The Morgan fingerprint density at radius 3 is 2.69 bits per heavy atom. The lowest BCUT2D eigenvalue weighted by Crippen LogP contribution is -2.46. The quantitative estimate of drug-likeness (QED) is 0.756. The molecule has 2 rings (SSSR count). The van der Waals surface area contributed by atoms with Crippen molar-refractivity contribution in [2.45, 2.75) is 50.5 Å². The van der Waals surface area contributed by atoms with Gasteiger partial charge in [0.05, 0.1) is 0 Å². The maximum Gasteiger partial charge on any atom is 0.0154 e. The van der Waals surface area contributed by atoms with Crippen molar-refractivity contribution in [2.75, 3.05) is 11.5 Å². The van der Waals surface area contributed by atoms with Crippen LogP contribution in [0.15, 0.2) is 0 Å². The Hall–Kier alpha value is 0.310. The minimum atomic E-state index is 0.266. The van der Waals surface area contributed by atoms with E-state index in [0.717, 1.165) is 5.92 Å². The van der Waals surface area contributed by atoms with Gasteiger partial charge in [-0.3, -0.25) is 0 Å². The maximum absolute atomic E-state index is 6.21. The van der Waals surface area contributed by atoms with E-state index in [2.05, 4.69) is 11.8 Å². The first kappa shape index (κ1) is 9.85. The van der Waals surface area contributed by atoms with Gasteiger partial charge in [0.25, 0.3) is 0 Å². The molecule has 1 atom stereocenters. The highest BCUT2D eigenvalue weighted by Crippen LogP contribution is 2.36. The summed E-state index contributed by atoms with van der Waals surface area (Å²) in [6.45, 7) is 0. The number of nitrogens with two attached hydrogens (primary N) is 1. The van der Waals surface area contributed by atoms with Gasteiger partial charge in [0.15, 0.2) is 0 Å². The molecule has 0 aromatic carbocycles. The van der Waals surface area contributed by atoms with Crippen LogP contribution in [0.2, 0.25) is 0 Å². The standard InChI is InChI=1S/C11H21NS/c12-11(5-2-6-11)7-4-10-3-1-8-13-9-10/h10H,1-9,12H2. The smallest absolute Gasteiger partial charge is 0.0154 e. The molecule has 1 unspecified atom stereocenters. The van der Waals surface area contributed by atoms with Crippen LogP contribution in [0.25, 0.3) is 0 Å². The zero-order chi connectivity index (χ0) is 9.15. The van der Waals surface area contributed by atoms with Crippen LogP contribution in [0.1, 0.15) is 44.9 Å². The molecule has 0 amide bonds. The van der Waals surface area contributed by atoms with E-state index < -0.39 is 0 Å². The SMILES string of the molecule is NC1(CCC2CCCSC2)CCC1. The predicted molar refractivity (Wildman–Crippen MR) is 60.1 cm³/mol. The van der Waals surface area contributed by atoms with Crippen LogP contribution in [0.4, 0.5) is 0 Å². The monoisotopic (exact) mass is 199 g/mol. The van der Waals surface area contributed by atoms with Crippen molar-refractivity contribution in [1.82, 2.24) is 0 Å². The van der Waals surface area contributed by atoms with Crippen LogP contribution in [-0.4, -0.2) is 17.0 Å². The first-order valence-corrected chi connectivity index (χ1v) is 6.81. The topological polar surface area (TPSA) is 26.0 Å². The van der Waals surface area contributed by atoms with Crippen LogP contribution in [0.5, 0.6) is 0 Å². The normalized spacial score (nSPS) is 32.5. The van der Waals surface area contributed by atoms with Gasteiger partial charge in [-0.05, 0) is 62.4 Å². The summed E-state index contributed by atoms with van der Waals surface area (Å²) in [5, 5.41) is 0. The van der Waals surface area contributed by atoms with Gasteiger partial charge >= 0.3 is 0 Å². The predicted octanol–water partition coefficient (Wildman–Crippen LogP) is 2.79. The second-order valence-corrected chi connectivity index (χ2v) is 5.99. The molecule has 0 bridgehead atoms. The lowest BCUT2D eigenvalue weighted by molar-refractivity contribution is 0.213. The third-order valence-corrected chi connectivity index (χ3v) is 4.94. The molecule has 13 heavy (non-hydrogen) atoms. The van der Waals surface area contributed by atoms with Gasteiger partial charge in [0.2, 0.25) is 0 Å². The van der Waals surface area contributed by atoms with Gasteiger partial charge in [-0.2, -0.15) is 11.8 Å². The molecule has 0 radical (unpaired) electrons. The summed E-state index contributed by atoms with van der Waals surface area (Å²) in [6, 6.07) is 0. The summed E-state index contributed by atoms with van der Waals surface area (Å²) in [4.78, 5) is 0. The largest absolute Gasteiger partial charge is 0.325 e. The number of hydrogen-bond acceptors (Lipinski definition) is 2. The van der Waals surface area contributed by atoms with Gasteiger partial charge in [0, 0.05) is 5.54 Å². The first-order chi connectivity index (χ1) is 6.29. The lowest BCUT2D eigenvalue weighted by atomic mass is 9.73. The zero-order valence-electron chi connectivity index (χ0n) is 8.43. The number of thioether (sulfide) groups is 1. The molecule has 2 aliphatic rings. The molecule has 0 spiro atoms. The minimum absolute atomic E-state index is 0.266. The van der Waals surface area contributed by atoms with Gasteiger partial charge in [0.1, 0.15) is 0 Å². The molecule has 1 saturated carbocycles. The van der Waals surface area contributed by atoms with E-state index in [4.69, 9.17) is 5.73 Å². The Kier molecular flexibility index (Phi) is 3.20. The summed E-state index contributed by atoms with van der Waals surface area (Å²) in [7, 11) is 0. The highest BCUT2D eigenvalue weighted by atomic mass is 32.2. The molecular weight excluding hydrogens is 178 g/mol. The van der Waals surface area contributed by atoms with Gasteiger partial charge in [-0.15, -0.1) is 0 Å². The molecule has 76 valence electrons. The van der Waals surface area contributed by atoms with E-state index in [9.17, 15) is 0 Å². The Morgan fingerprint density at radius 2 is 2.15 bits per heavy atom. The number of hydrogen-bond donors (Lipinski definition) is 1. The van der Waals surface area contributed by atoms with Gasteiger partial charge in [-0.25, -0.2) is 0 Å². The average molecular weight is 199 g/mol. The van der Waals surface area contributed by atoms with E-state index in [0.29, 0.717) is 0 Å². The van der Waals surface area contributed by atoms with E-state index >= 15 is 0 Å². The fraction of sp³-hybridized carbons (Fsp3) is 1.00. The Labute approximate surface area is 85.8 Å². The second-order valence-electron chi connectivity index (χ2n) is 4.84. The molecular formula is C11H21NS. The Bertz CT molecular complexity index is 159. The lowest BCUT2D eigenvalue weighted by Gasteiger charge is -2.39. The van der Waals surface area contributed by atoms with Crippen molar-refractivity contribution in [3.63, 3.8) is 0 Å². The van der Waals surface area contributed by atoms with E-state index in [1.165, 1.54) is 56.5 Å². The number of rotatable bonds is 3. The molecule has 1 aliphatic carbocycles. The maximum atomic E-state index is 6.21. The molecule has 2 N–H and O–H groups in total. The molecule has 0 aromatic heterocycles. The summed E-state index contributed by atoms with van der Waals surface area (Å²) in [5.74, 6) is 3.78. The highest BCUT2D eigenvalue weighted by Gasteiger charge is 2.32. The second kappa shape index (κ2) is 4.22. The van der Waals surface area contributed by atoms with Crippen LogP contribution in [0.3, 0.4) is 0 Å². The summed E-state index contributed by atoms with van der Waals surface area (Å²) in [6.07, 6.45) is 9.52. The molecule has 1 heterocycles. The van der Waals surface area contributed by atoms with Crippen LogP contribution < -0.4 is 5.73 Å². The zero-order valence-corrected chi connectivity index (χ0v) is 9.24. The van der Waals surface area contributed by atoms with Crippen LogP contribution >= 0.6 is 11.8 Å². The van der Waals surface area contributed by atoms with Crippen LogP contribution in [0, 0.1) is 5.92 Å². The fourth-order valence-corrected chi connectivity index (χ4v) is 3.61. The summed E-state index contributed by atoms with van der Waals surface area (Å²) in [5.41, 5.74) is 6.48. The van der Waals surface area contributed by atoms with E-state index in [-0.39, 0.29) is 5.54 Å². The van der Waals surface area contributed by atoms with E-state index in [1.54, 1.807) is 0 Å². The molecule has 1 aliphatic heterocycles. The van der Waals surface area contributed by atoms with E-state index in [1.807, 2.05) is 0 Å². The highest BCUT2D eigenvalue weighted by molar-refractivity contribution is 7.99. The van der Waals surface area contributed by atoms with Gasteiger partial charge < -0.3 is 5.73 Å². The van der Waals surface area contributed by atoms with Crippen LogP contribution in [-0.2, 0) is 0 Å². The molecule has 2 fully saturated rings. The van der Waals surface area contributed by atoms with Crippen molar-refractivity contribution >= 4 is 11.8 Å². The first-order valence-electron chi connectivity index (χ1n) is 5.65. The molecule has 0 aromatic rings. The average Bonchev–Trinajstić information content (AvgIpc) is 2.13. The summed E-state index contributed by atoms with van der Waals surface area (Å²) < 4.78 is 0. The molecule has 2 heteroatoms. The molecule has 1 nitrogen and oxygen atoms in total. The minimum Gasteiger partial charge on any atom is -0.325 e. The Morgan fingerprint density at radius 1 is 1.31 bits per heavy atom. The van der Waals surface area contributed by atoms with Crippen molar-refractivity contribution in [1.29, 1.82) is 0 Å². The third kappa shape index (κ3) is 2.63. The molecule has 1 saturated heterocycles. The van der Waals surface area contributed by atoms with Crippen molar-refractivity contribution in [3.8, 4) is 0 Å². The summed E-state index contributed by atoms with van der Waals surface area (Å²) >= 11 is 2.14. The fourth-order valence-electron chi connectivity index (χ4n) is 2.41.